The van der Waals surface area contributed by atoms with Crippen LogP contribution in [0.25, 0.3) is 44.1 Å². The van der Waals surface area contributed by atoms with Crippen LogP contribution in [0.5, 0.6) is 0 Å². The molecule has 1 aliphatic rings. The minimum absolute atomic E-state index is 0.189. The van der Waals surface area contributed by atoms with Crippen molar-refractivity contribution in [1.82, 2.24) is 14.4 Å². The highest BCUT2D eigenvalue weighted by atomic mass is 16.2. The number of unbranched alkanes of at least 4 members (excludes halogenated alkanes) is 3. The van der Waals surface area contributed by atoms with Gasteiger partial charge in [-0.3, -0.25) is 9.69 Å². The third kappa shape index (κ3) is 9.67. The normalized spacial score (nSPS) is 17.1. The quantitative estimate of drug-likeness (QED) is 0.0735. The molecule has 4 aromatic carbocycles. The molecule has 61 heavy (non-hydrogen) atoms. The van der Waals surface area contributed by atoms with E-state index in [9.17, 15) is 4.79 Å². The maximum atomic E-state index is 15.1. The summed E-state index contributed by atoms with van der Waals surface area (Å²) in [5, 5.41) is 7.57. The van der Waals surface area contributed by atoms with Gasteiger partial charge in [-0.05, 0) is 127 Å². The molecule has 322 valence electrons. The number of hydrogen-bond acceptors (Lipinski definition) is 2. The molecule has 2 atom stereocenters. The maximum Gasteiger partial charge on any atom is 0.326 e. The first kappa shape index (κ1) is 45.4. The van der Waals surface area contributed by atoms with Crippen LogP contribution >= 0.6 is 0 Å². The zero-order valence-electron chi connectivity index (χ0n) is 38.9. The molecule has 1 heterocycles. The van der Waals surface area contributed by atoms with Crippen LogP contribution in [0.15, 0.2) is 113 Å². The van der Waals surface area contributed by atoms with E-state index in [1.807, 2.05) is 14.0 Å². The van der Waals surface area contributed by atoms with Crippen LogP contribution in [-0.4, -0.2) is 45.9 Å². The molecule has 0 bridgehead atoms. The molecular weight excluding hydrogens is 747 g/mol. The minimum Gasteiger partial charge on any atom is -0.338 e. The predicted molar refractivity (Wildman–Crippen MR) is 262 cm³/mol. The standard InChI is InChI=1S/C56H71N3O2/c1-11-14-16-22-41(8)59(56(61)57(10)37-15-12-2)55(60)42(9)52-45(32-31-39(6)48-28-18-24-43-23-17-27-47(38(4)5)53(43)48)33-34-46(52)35-36-50-49-29-19-25-44-26-20-30-51(54(44)49)58(50)40(7)21-13-3/h17-20,23-32,35-36,38,40-41H,11-16,21-22,33-34,37H2,1-10H3/b39-31-,45-32+,46-35+,50-36+,52-42-. The van der Waals surface area contributed by atoms with Crippen LogP contribution in [-0.2, 0) is 4.79 Å². The number of allylic oxidation sites excluding steroid dienone is 7. The second kappa shape index (κ2) is 20.6. The molecule has 0 aliphatic heterocycles. The van der Waals surface area contributed by atoms with E-state index >= 15 is 4.79 Å². The third-order valence-corrected chi connectivity index (χ3v) is 13.1. The first-order valence-electron chi connectivity index (χ1n) is 23.3. The van der Waals surface area contributed by atoms with Gasteiger partial charge in [-0.2, -0.15) is 0 Å². The van der Waals surface area contributed by atoms with Crippen molar-refractivity contribution < 1.29 is 9.59 Å². The second-order valence-corrected chi connectivity index (χ2v) is 18.0. The summed E-state index contributed by atoms with van der Waals surface area (Å²) in [6, 6.07) is 26.4. The highest BCUT2D eigenvalue weighted by Crippen LogP contribution is 2.40. The molecule has 1 fully saturated rings. The number of carbonyl (C=O) groups excluding carboxylic acids is 2. The van der Waals surface area contributed by atoms with E-state index in [0.29, 0.717) is 24.1 Å². The van der Waals surface area contributed by atoms with E-state index in [1.54, 1.807) is 9.80 Å². The Morgan fingerprint density at radius 1 is 0.721 bits per heavy atom. The van der Waals surface area contributed by atoms with E-state index < -0.39 is 0 Å². The summed E-state index contributed by atoms with van der Waals surface area (Å²) in [6.07, 6.45) is 18.7. The number of urea groups is 1. The Kier molecular flexibility index (Phi) is 15.3. The zero-order chi connectivity index (χ0) is 43.8. The zero-order valence-corrected chi connectivity index (χ0v) is 38.9. The first-order valence-corrected chi connectivity index (χ1v) is 23.3. The summed E-state index contributed by atoms with van der Waals surface area (Å²) in [5.74, 6) is 0.207. The number of aromatic nitrogens is 1. The van der Waals surface area contributed by atoms with Crippen LogP contribution in [0.4, 0.5) is 4.79 Å². The van der Waals surface area contributed by atoms with Crippen LogP contribution in [0.3, 0.4) is 0 Å². The van der Waals surface area contributed by atoms with Gasteiger partial charge in [-0.1, -0.05) is 152 Å². The van der Waals surface area contributed by atoms with E-state index in [-0.39, 0.29) is 18.0 Å². The summed E-state index contributed by atoms with van der Waals surface area (Å²) in [4.78, 5) is 32.7. The van der Waals surface area contributed by atoms with Gasteiger partial charge in [0.15, 0.2) is 0 Å². The monoisotopic (exact) mass is 818 g/mol. The topological polar surface area (TPSA) is 45.6 Å². The largest absolute Gasteiger partial charge is 0.338 e. The van der Waals surface area contributed by atoms with E-state index in [0.717, 1.165) is 80.9 Å². The van der Waals surface area contributed by atoms with Crippen molar-refractivity contribution in [3.63, 3.8) is 0 Å². The average molecular weight is 818 g/mol. The lowest BCUT2D eigenvalue weighted by molar-refractivity contribution is -0.126. The first-order chi connectivity index (χ1) is 29.4. The van der Waals surface area contributed by atoms with Crippen LogP contribution in [0.2, 0.25) is 0 Å². The molecule has 5 aromatic rings. The number of rotatable bonds is 16. The fourth-order valence-electron chi connectivity index (χ4n) is 9.66. The van der Waals surface area contributed by atoms with Crippen LogP contribution < -0.4 is 5.35 Å². The molecule has 6 rings (SSSR count). The van der Waals surface area contributed by atoms with E-state index in [2.05, 4.69) is 157 Å². The van der Waals surface area contributed by atoms with Crippen molar-refractivity contribution in [2.24, 2.45) is 0 Å². The molecule has 5 nitrogen and oxygen atoms in total. The molecule has 1 saturated carbocycles. The van der Waals surface area contributed by atoms with Gasteiger partial charge in [-0.25, -0.2) is 4.79 Å². The highest BCUT2D eigenvalue weighted by molar-refractivity contribution is 6.10. The van der Waals surface area contributed by atoms with Crippen LogP contribution in [0.1, 0.15) is 150 Å². The van der Waals surface area contributed by atoms with Gasteiger partial charge in [0, 0.05) is 52.9 Å². The number of carbonyl (C=O) groups is 2. The SMILES string of the molecule is CCCCCC(C)N(C(=O)/C(C)=C1C(=C/C=C(/C)c2cccc3cccc(C(C)C)c23)/CCC/1=C\C=c1/c2cccc3cccc(c32)n1C(C)CCC)C(=O)N(C)CCCC. The van der Waals surface area contributed by atoms with Gasteiger partial charge in [0.2, 0.25) is 0 Å². The number of imide groups is 1. The van der Waals surface area contributed by atoms with Crippen LogP contribution in [0, 0.1) is 0 Å². The number of fused-ring (bicyclic) bond motifs is 1. The summed E-state index contributed by atoms with van der Waals surface area (Å²) in [5.41, 5.74) is 8.92. The molecule has 0 saturated heterocycles. The predicted octanol–water partition coefficient (Wildman–Crippen LogP) is 14.6. The average Bonchev–Trinajstić information content (AvgIpc) is 3.82. The lowest BCUT2D eigenvalue weighted by Gasteiger charge is -2.32. The highest BCUT2D eigenvalue weighted by Gasteiger charge is 2.33. The van der Waals surface area contributed by atoms with Gasteiger partial charge in [-0.15, -0.1) is 0 Å². The Bertz CT molecular complexity index is 2530. The Morgan fingerprint density at radius 3 is 2.03 bits per heavy atom. The van der Waals surface area contributed by atoms with Gasteiger partial charge < -0.3 is 9.47 Å². The number of hydrogen-bond donors (Lipinski definition) is 0. The molecule has 0 N–H and O–H groups in total. The van der Waals surface area contributed by atoms with E-state index in [4.69, 9.17) is 0 Å². The molecule has 0 radical (unpaired) electrons. The minimum atomic E-state index is -0.218. The van der Waals surface area contributed by atoms with Gasteiger partial charge in [0.1, 0.15) is 0 Å². The van der Waals surface area contributed by atoms with Crippen molar-refractivity contribution in [2.45, 2.75) is 145 Å². The molecule has 1 aromatic heterocycles. The number of amides is 3. The summed E-state index contributed by atoms with van der Waals surface area (Å²) in [7, 11) is 1.84. The second-order valence-electron chi connectivity index (χ2n) is 18.0. The number of nitrogens with zero attached hydrogens (tertiary/aromatic N) is 3. The fourth-order valence-corrected chi connectivity index (χ4v) is 9.66. The lowest BCUT2D eigenvalue weighted by atomic mass is 9.90. The van der Waals surface area contributed by atoms with Crippen molar-refractivity contribution >= 4 is 56.0 Å². The maximum absolute atomic E-state index is 15.1. The van der Waals surface area contributed by atoms with Crippen molar-refractivity contribution in [2.75, 3.05) is 13.6 Å². The van der Waals surface area contributed by atoms with Gasteiger partial charge in [0.05, 0.1) is 0 Å². The van der Waals surface area contributed by atoms with Crippen molar-refractivity contribution in [3.05, 3.63) is 130 Å². The Hall–Kier alpha value is -5.16. The summed E-state index contributed by atoms with van der Waals surface area (Å²) >= 11 is 0. The Labute approximate surface area is 366 Å². The molecule has 0 spiro atoms. The van der Waals surface area contributed by atoms with Gasteiger partial charge >= 0.3 is 6.03 Å². The smallest absolute Gasteiger partial charge is 0.326 e. The molecular formula is C56H71N3O2. The summed E-state index contributed by atoms with van der Waals surface area (Å²) in [6.45, 7) is 20.3. The molecule has 3 amide bonds. The van der Waals surface area contributed by atoms with Crippen molar-refractivity contribution in [1.29, 1.82) is 0 Å². The van der Waals surface area contributed by atoms with Crippen molar-refractivity contribution in [3.8, 4) is 0 Å². The molecule has 2 unspecified atom stereocenters. The number of benzene rings is 4. The fraction of sp³-hybridized carbons (Fsp3) is 0.429. The Morgan fingerprint density at radius 2 is 1.36 bits per heavy atom. The lowest BCUT2D eigenvalue weighted by Crippen LogP contribution is -2.49. The van der Waals surface area contributed by atoms with Gasteiger partial charge in [0.25, 0.3) is 5.91 Å². The molecule has 1 aliphatic carbocycles. The third-order valence-electron chi connectivity index (χ3n) is 13.1. The summed E-state index contributed by atoms with van der Waals surface area (Å²) < 4.78 is 2.53. The Balaban J connectivity index is 1.54. The van der Waals surface area contributed by atoms with E-state index in [1.165, 1.54) is 54.5 Å². The molecule has 5 heteroatoms.